The molecule has 0 aromatic heterocycles. The third kappa shape index (κ3) is 6.53. The Morgan fingerprint density at radius 3 is 2.65 bits per heavy atom. The first-order chi connectivity index (χ1) is 9.45. The van der Waals surface area contributed by atoms with Gasteiger partial charge < -0.3 is 14.8 Å². The van der Waals surface area contributed by atoms with Crippen LogP contribution in [0.4, 0.5) is 0 Å². The molecule has 0 aromatic rings. The van der Waals surface area contributed by atoms with E-state index in [0.717, 1.165) is 51.8 Å². The van der Waals surface area contributed by atoms with Gasteiger partial charge in [-0.1, -0.05) is 13.8 Å². The molecular formula is C16H34N2O2. The molecule has 0 aromatic carbocycles. The maximum atomic E-state index is 5.71. The molecule has 0 bridgehead atoms. The minimum Gasteiger partial charge on any atom is -0.385 e. The molecule has 120 valence electrons. The van der Waals surface area contributed by atoms with Crippen LogP contribution in [0.5, 0.6) is 0 Å². The summed E-state index contributed by atoms with van der Waals surface area (Å²) in [4.78, 5) is 2.58. The van der Waals surface area contributed by atoms with E-state index in [2.05, 4.69) is 37.9 Å². The van der Waals surface area contributed by atoms with E-state index in [9.17, 15) is 0 Å². The highest BCUT2D eigenvalue weighted by Crippen LogP contribution is 2.20. The van der Waals surface area contributed by atoms with Gasteiger partial charge in [-0.15, -0.1) is 0 Å². The molecule has 1 fully saturated rings. The molecule has 1 N–H and O–H groups in total. The van der Waals surface area contributed by atoms with E-state index in [1.807, 2.05) is 0 Å². The van der Waals surface area contributed by atoms with Crippen LogP contribution in [0.15, 0.2) is 0 Å². The number of nitrogens with zero attached hydrogens (tertiary/aromatic N) is 1. The van der Waals surface area contributed by atoms with Gasteiger partial charge in [0.2, 0.25) is 0 Å². The number of methoxy groups -OCH3 is 1. The summed E-state index contributed by atoms with van der Waals surface area (Å²) in [5, 5.41) is 3.69. The van der Waals surface area contributed by atoms with Gasteiger partial charge in [0.15, 0.2) is 0 Å². The Balaban J connectivity index is 2.28. The van der Waals surface area contributed by atoms with Gasteiger partial charge in [0.1, 0.15) is 0 Å². The lowest BCUT2D eigenvalue weighted by atomic mass is 9.94. The Labute approximate surface area is 125 Å². The summed E-state index contributed by atoms with van der Waals surface area (Å²) in [6.07, 6.45) is 2.23. The van der Waals surface area contributed by atoms with Crippen molar-refractivity contribution in [2.75, 3.05) is 46.6 Å². The second-order valence-corrected chi connectivity index (χ2v) is 6.92. The maximum Gasteiger partial charge on any atom is 0.0593 e. The van der Waals surface area contributed by atoms with Crippen molar-refractivity contribution in [3.05, 3.63) is 0 Å². The summed E-state index contributed by atoms with van der Waals surface area (Å²) < 4.78 is 10.7. The fourth-order valence-electron chi connectivity index (χ4n) is 2.79. The predicted octanol–water partition coefficient (Wildman–Crippen LogP) is 2.14. The van der Waals surface area contributed by atoms with Gasteiger partial charge in [0.05, 0.1) is 6.61 Å². The van der Waals surface area contributed by atoms with Gasteiger partial charge in [-0.25, -0.2) is 0 Å². The van der Waals surface area contributed by atoms with Crippen LogP contribution in [0.3, 0.4) is 0 Å². The zero-order valence-electron chi connectivity index (χ0n) is 14.1. The average molecular weight is 286 g/mol. The summed E-state index contributed by atoms with van der Waals surface area (Å²) >= 11 is 0. The van der Waals surface area contributed by atoms with Crippen molar-refractivity contribution < 1.29 is 9.47 Å². The summed E-state index contributed by atoms with van der Waals surface area (Å²) in [5.74, 6) is 0.751. The molecule has 20 heavy (non-hydrogen) atoms. The maximum absolute atomic E-state index is 5.71. The van der Waals surface area contributed by atoms with E-state index >= 15 is 0 Å². The second kappa shape index (κ2) is 8.98. The molecule has 4 heteroatoms. The fourth-order valence-corrected chi connectivity index (χ4v) is 2.79. The number of piperazine rings is 1. The van der Waals surface area contributed by atoms with Crippen molar-refractivity contribution in [2.24, 2.45) is 5.92 Å². The Bertz CT molecular complexity index is 257. The van der Waals surface area contributed by atoms with Gasteiger partial charge in [-0.05, 0) is 32.6 Å². The van der Waals surface area contributed by atoms with Crippen LogP contribution in [0.1, 0.15) is 40.5 Å². The van der Waals surface area contributed by atoms with Gasteiger partial charge in [-0.3, -0.25) is 4.90 Å². The lowest BCUT2D eigenvalue weighted by Crippen LogP contribution is -2.62. The summed E-state index contributed by atoms with van der Waals surface area (Å²) in [6.45, 7) is 14.9. The Kier molecular flexibility index (Phi) is 8.03. The van der Waals surface area contributed by atoms with Crippen LogP contribution in [0, 0.1) is 5.92 Å². The third-order valence-corrected chi connectivity index (χ3v) is 4.02. The van der Waals surface area contributed by atoms with Gasteiger partial charge in [0.25, 0.3) is 0 Å². The first-order valence-corrected chi connectivity index (χ1v) is 8.01. The smallest absolute Gasteiger partial charge is 0.0593 e. The van der Waals surface area contributed by atoms with Crippen LogP contribution in [0.25, 0.3) is 0 Å². The molecule has 1 atom stereocenters. The normalized spacial score (nSPS) is 23.4. The van der Waals surface area contributed by atoms with Crippen molar-refractivity contribution in [2.45, 2.75) is 52.1 Å². The lowest BCUT2D eigenvalue weighted by Gasteiger charge is -2.46. The average Bonchev–Trinajstić information content (AvgIpc) is 2.36. The molecule has 0 aliphatic carbocycles. The van der Waals surface area contributed by atoms with E-state index in [-0.39, 0.29) is 5.54 Å². The van der Waals surface area contributed by atoms with Crippen LogP contribution in [0.2, 0.25) is 0 Å². The minimum atomic E-state index is 0.226. The third-order valence-electron chi connectivity index (χ3n) is 4.02. The number of hydrogen-bond acceptors (Lipinski definition) is 4. The van der Waals surface area contributed by atoms with Gasteiger partial charge >= 0.3 is 0 Å². The molecule has 0 radical (unpaired) electrons. The molecule has 1 rings (SSSR count). The van der Waals surface area contributed by atoms with Crippen molar-refractivity contribution in [3.63, 3.8) is 0 Å². The largest absolute Gasteiger partial charge is 0.385 e. The van der Waals surface area contributed by atoms with Crippen molar-refractivity contribution >= 4 is 0 Å². The van der Waals surface area contributed by atoms with Crippen LogP contribution < -0.4 is 5.32 Å². The SMILES string of the molecule is COCCCOCCN1CC(CC(C)C)NCC1(C)C. The molecule has 0 spiro atoms. The van der Waals surface area contributed by atoms with E-state index in [4.69, 9.17) is 9.47 Å². The first-order valence-electron chi connectivity index (χ1n) is 8.01. The number of rotatable bonds is 9. The Morgan fingerprint density at radius 1 is 1.25 bits per heavy atom. The van der Waals surface area contributed by atoms with Crippen molar-refractivity contribution in [1.82, 2.24) is 10.2 Å². The van der Waals surface area contributed by atoms with Crippen molar-refractivity contribution in [3.8, 4) is 0 Å². The molecule has 1 aliphatic heterocycles. The molecule has 1 saturated heterocycles. The zero-order valence-corrected chi connectivity index (χ0v) is 14.1. The molecule has 1 aliphatic rings. The number of hydrogen-bond donors (Lipinski definition) is 1. The molecular weight excluding hydrogens is 252 g/mol. The summed E-state index contributed by atoms with van der Waals surface area (Å²) in [7, 11) is 1.73. The standard InChI is InChI=1S/C16H34N2O2/c1-14(2)11-15-12-18(16(3,4)13-17-15)7-10-20-9-6-8-19-5/h14-15,17H,6-13H2,1-5H3. The van der Waals surface area contributed by atoms with E-state index in [1.54, 1.807) is 7.11 Å². The second-order valence-electron chi connectivity index (χ2n) is 6.92. The lowest BCUT2D eigenvalue weighted by molar-refractivity contribution is 0.0220. The Hall–Kier alpha value is -0.160. The molecule has 0 saturated carbocycles. The first kappa shape index (κ1) is 17.9. The predicted molar refractivity (Wildman–Crippen MR) is 84.2 cm³/mol. The van der Waals surface area contributed by atoms with E-state index in [0.29, 0.717) is 6.04 Å². The fraction of sp³-hybridized carbons (Fsp3) is 1.00. The number of ether oxygens (including phenoxy) is 2. The van der Waals surface area contributed by atoms with Crippen LogP contribution >= 0.6 is 0 Å². The zero-order chi connectivity index (χ0) is 15.0. The Morgan fingerprint density at radius 2 is 2.00 bits per heavy atom. The van der Waals surface area contributed by atoms with Crippen molar-refractivity contribution in [1.29, 1.82) is 0 Å². The topological polar surface area (TPSA) is 33.7 Å². The summed E-state index contributed by atoms with van der Waals surface area (Å²) in [5.41, 5.74) is 0.226. The van der Waals surface area contributed by atoms with Gasteiger partial charge in [-0.2, -0.15) is 0 Å². The van der Waals surface area contributed by atoms with E-state index in [1.165, 1.54) is 6.42 Å². The highest BCUT2D eigenvalue weighted by Gasteiger charge is 2.33. The molecule has 1 unspecified atom stereocenters. The minimum absolute atomic E-state index is 0.226. The molecule has 1 heterocycles. The van der Waals surface area contributed by atoms with Gasteiger partial charge in [0, 0.05) is 51.5 Å². The van der Waals surface area contributed by atoms with Crippen LogP contribution in [-0.4, -0.2) is 63.0 Å². The highest BCUT2D eigenvalue weighted by molar-refractivity contribution is 4.92. The quantitative estimate of drug-likeness (QED) is 0.659. The molecule has 4 nitrogen and oxygen atoms in total. The van der Waals surface area contributed by atoms with Crippen LogP contribution in [-0.2, 0) is 9.47 Å². The number of nitrogens with one attached hydrogen (secondary N) is 1. The summed E-state index contributed by atoms with van der Waals surface area (Å²) in [6, 6.07) is 0.622. The highest BCUT2D eigenvalue weighted by atomic mass is 16.5. The monoisotopic (exact) mass is 286 g/mol. The molecule has 0 amide bonds. The van der Waals surface area contributed by atoms with E-state index < -0.39 is 0 Å².